The lowest BCUT2D eigenvalue weighted by molar-refractivity contribution is 0.204. The number of ether oxygens (including phenoxy) is 1. The van der Waals surface area contributed by atoms with Crippen molar-refractivity contribution in [3.8, 4) is 17.1 Å². The summed E-state index contributed by atoms with van der Waals surface area (Å²) < 4.78 is 24.9. The van der Waals surface area contributed by atoms with Crippen molar-refractivity contribution in [3.63, 3.8) is 0 Å². The highest BCUT2D eigenvalue weighted by molar-refractivity contribution is 5.87. The van der Waals surface area contributed by atoms with Gasteiger partial charge in [0, 0.05) is 17.8 Å². The fraction of sp³-hybridized carbons (Fsp3) is 0.346. The van der Waals surface area contributed by atoms with Crippen LogP contribution in [0.25, 0.3) is 17.0 Å². The van der Waals surface area contributed by atoms with E-state index >= 15 is 0 Å². The van der Waals surface area contributed by atoms with Crippen LogP contribution >= 0.6 is 0 Å². The molecule has 1 aliphatic heterocycles. The molecule has 0 spiro atoms. The van der Waals surface area contributed by atoms with Crippen LogP contribution in [0.2, 0.25) is 0 Å². The van der Waals surface area contributed by atoms with E-state index in [0.717, 1.165) is 35.2 Å². The molecule has 2 amide bonds. The molecule has 1 aromatic heterocycles. The number of unbranched alkanes of at least 4 members (excludes halogenated alkanes) is 1. The third kappa shape index (κ3) is 4.40. The summed E-state index contributed by atoms with van der Waals surface area (Å²) in [6.07, 6.45) is 1.83. The summed E-state index contributed by atoms with van der Waals surface area (Å²) in [5, 5.41) is 7.22. The third-order valence-corrected chi connectivity index (χ3v) is 6.26. The van der Waals surface area contributed by atoms with Gasteiger partial charge in [-0.05, 0) is 62.1 Å². The number of rotatable bonds is 7. The number of nitrogens with zero attached hydrogens (tertiary/aromatic N) is 3. The van der Waals surface area contributed by atoms with Gasteiger partial charge in [0.1, 0.15) is 0 Å². The Hall–Kier alpha value is -3.68. The lowest BCUT2D eigenvalue weighted by Gasteiger charge is -2.35. The van der Waals surface area contributed by atoms with Crippen LogP contribution in [-0.4, -0.2) is 34.7 Å². The fourth-order valence-corrected chi connectivity index (χ4v) is 4.09. The SMILES string of the molecule is CCCCN1C(=O)NC(c2ccc(C)c(C)c2)C(c2nc(-c3ccc(OC)c(F)c3)no2)=C1C. The van der Waals surface area contributed by atoms with E-state index in [1.807, 2.05) is 32.9 Å². The van der Waals surface area contributed by atoms with Crippen LogP contribution in [0, 0.1) is 19.7 Å². The molecule has 1 N–H and O–H groups in total. The van der Waals surface area contributed by atoms with E-state index in [-0.39, 0.29) is 23.5 Å². The average Bonchev–Trinajstić information content (AvgIpc) is 3.30. The van der Waals surface area contributed by atoms with Gasteiger partial charge in [0.15, 0.2) is 11.6 Å². The minimum absolute atomic E-state index is 0.141. The molecule has 1 unspecified atom stereocenters. The molecule has 1 atom stereocenters. The van der Waals surface area contributed by atoms with Crippen molar-refractivity contribution in [2.24, 2.45) is 0 Å². The summed E-state index contributed by atoms with van der Waals surface area (Å²) in [7, 11) is 1.41. The van der Waals surface area contributed by atoms with Crippen LogP contribution in [-0.2, 0) is 0 Å². The Morgan fingerprint density at radius 2 is 1.94 bits per heavy atom. The first-order chi connectivity index (χ1) is 16.3. The first-order valence-corrected chi connectivity index (χ1v) is 11.4. The molecular formula is C26H29FN4O3. The number of aryl methyl sites for hydroxylation is 2. The fourth-order valence-electron chi connectivity index (χ4n) is 4.09. The maximum Gasteiger partial charge on any atom is 0.322 e. The molecular weight excluding hydrogens is 435 g/mol. The van der Waals surface area contributed by atoms with Gasteiger partial charge in [0.2, 0.25) is 5.82 Å². The zero-order valence-corrected chi connectivity index (χ0v) is 20.1. The first-order valence-electron chi connectivity index (χ1n) is 11.4. The highest BCUT2D eigenvalue weighted by Gasteiger charge is 2.35. The number of urea groups is 1. The Labute approximate surface area is 198 Å². The highest BCUT2D eigenvalue weighted by atomic mass is 19.1. The van der Waals surface area contributed by atoms with Crippen LogP contribution in [0.1, 0.15) is 55.3 Å². The van der Waals surface area contributed by atoms with Gasteiger partial charge in [-0.2, -0.15) is 4.98 Å². The number of hydrogen-bond donors (Lipinski definition) is 1. The topological polar surface area (TPSA) is 80.5 Å². The average molecular weight is 465 g/mol. The van der Waals surface area contributed by atoms with Gasteiger partial charge in [0.05, 0.1) is 18.7 Å². The summed E-state index contributed by atoms with van der Waals surface area (Å²) in [6.45, 7) is 8.65. The van der Waals surface area contributed by atoms with Gasteiger partial charge in [-0.3, -0.25) is 4.90 Å². The van der Waals surface area contributed by atoms with Crippen molar-refractivity contribution < 1.29 is 18.4 Å². The number of carbonyl (C=O) groups is 1. The van der Waals surface area contributed by atoms with Gasteiger partial charge in [0.25, 0.3) is 5.89 Å². The predicted octanol–water partition coefficient (Wildman–Crippen LogP) is 5.80. The Bertz CT molecular complexity index is 1250. The Balaban J connectivity index is 1.80. The largest absolute Gasteiger partial charge is 0.494 e. The molecule has 3 aromatic rings. The van der Waals surface area contributed by atoms with Crippen molar-refractivity contribution in [1.29, 1.82) is 0 Å². The summed E-state index contributed by atoms with van der Waals surface area (Å²) in [5.41, 5.74) is 5.17. The zero-order valence-electron chi connectivity index (χ0n) is 20.1. The Morgan fingerprint density at radius 3 is 2.62 bits per heavy atom. The second-order valence-electron chi connectivity index (χ2n) is 8.50. The molecule has 178 valence electrons. The minimum atomic E-state index is -0.509. The molecule has 2 heterocycles. The van der Waals surface area contributed by atoms with E-state index < -0.39 is 11.9 Å². The number of methoxy groups -OCH3 is 1. The lowest BCUT2D eigenvalue weighted by Crippen LogP contribution is -2.46. The van der Waals surface area contributed by atoms with Gasteiger partial charge in [-0.1, -0.05) is 36.7 Å². The quantitative estimate of drug-likeness (QED) is 0.478. The van der Waals surface area contributed by atoms with Crippen LogP contribution in [0.15, 0.2) is 46.6 Å². The molecule has 0 saturated heterocycles. The number of aromatic nitrogens is 2. The number of hydrogen-bond acceptors (Lipinski definition) is 5. The number of benzene rings is 2. The van der Waals surface area contributed by atoms with Gasteiger partial charge in [-0.25, -0.2) is 9.18 Å². The van der Waals surface area contributed by atoms with E-state index in [0.29, 0.717) is 12.1 Å². The van der Waals surface area contributed by atoms with Crippen LogP contribution < -0.4 is 10.1 Å². The molecule has 4 rings (SSSR count). The normalized spacial score (nSPS) is 16.1. The van der Waals surface area contributed by atoms with Crippen LogP contribution in [0.4, 0.5) is 9.18 Å². The summed E-state index contributed by atoms with van der Waals surface area (Å²) in [4.78, 5) is 19.3. The minimum Gasteiger partial charge on any atom is -0.494 e. The molecule has 1 aliphatic rings. The maximum absolute atomic E-state index is 14.3. The number of allylic oxidation sites excluding steroid dienone is 1. The van der Waals surface area contributed by atoms with E-state index in [1.165, 1.54) is 24.8 Å². The molecule has 0 radical (unpaired) electrons. The Kier molecular flexibility index (Phi) is 6.68. The monoisotopic (exact) mass is 464 g/mol. The van der Waals surface area contributed by atoms with Gasteiger partial charge < -0.3 is 14.6 Å². The van der Waals surface area contributed by atoms with Gasteiger partial charge in [-0.15, -0.1) is 0 Å². The molecule has 7 nitrogen and oxygen atoms in total. The third-order valence-electron chi connectivity index (χ3n) is 6.26. The van der Waals surface area contributed by atoms with Crippen LogP contribution in [0.5, 0.6) is 5.75 Å². The van der Waals surface area contributed by atoms with Crippen molar-refractivity contribution in [2.75, 3.05) is 13.7 Å². The number of carbonyl (C=O) groups excluding carboxylic acids is 1. The summed E-state index contributed by atoms with van der Waals surface area (Å²) >= 11 is 0. The molecule has 0 fully saturated rings. The molecule has 34 heavy (non-hydrogen) atoms. The summed E-state index contributed by atoms with van der Waals surface area (Å²) in [6, 6.07) is 9.99. The first kappa shape index (κ1) is 23.5. The Morgan fingerprint density at radius 1 is 1.15 bits per heavy atom. The molecule has 0 aliphatic carbocycles. The number of amides is 2. The summed E-state index contributed by atoms with van der Waals surface area (Å²) in [5.74, 6) is 0.175. The smallest absolute Gasteiger partial charge is 0.322 e. The zero-order chi connectivity index (χ0) is 24.4. The second kappa shape index (κ2) is 9.67. The maximum atomic E-state index is 14.3. The number of halogens is 1. The standard InChI is InChI=1S/C26H29FN4O3/c1-6-7-12-31-17(4)22(23(28-26(31)32)18-9-8-15(2)16(3)13-18)25-29-24(30-34-25)19-10-11-21(33-5)20(27)14-19/h8-11,13-14,23H,6-7,12H2,1-5H3,(H,28,32). The molecule has 0 saturated carbocycles. The van der Waals surface area contributed by atoms with E-state index in [4.69, 9.17) is 9.26 Å². The van der Waals surface area contributed by atoms with Crippen molar-refractivity contribution in [3.05, 3.63) is 70.5 Å². The molecule has 2 aromatic carbocycles. The van der Waals surface area contributed by atoms with Crippen LogP contribution in [0.3, 0.4) is 0 Å². The number of nitrogens with one attached hydrogen (secondary N) is 1. The van der Waals surface area contributed by atoms with E-state index in [1.54, 1.807) is 11.0 Å². The van der Waals surface area contributed by atoms with Gasteiger partial charge >= 0.3 is 6.03 Å². The predicted molar refractivity (Wildman–Crippen MR) is 128 cm³/mol. The van der Waals surface area contributed by atoms with Crippen molar-refractivity contribution in [2.45, 2.75) is 46.6 Å². The molecule has 8 heteroatoms. The second-order valence-corrected chi connectivity index (χ2v) is 8.50. The van der Waals surface area contributed by atoms with Crippen molar-refractivity contribution in [1.82, 2.24) is 20.4 Å². The van der Waals surface area contributed by atoms with E-state index in [9.17, 15) is 9.18 Å². The highest BCUT2D eigenvalue weighted by Crippen LogP contribution is 2.38. The van der Waals surface area contributed by atoms with Crippen molar-refractivity contribution >= 4 is 11.6 Å². The lowest BCUT2D eigenvalue weighted by atomic mass is 9.92. The molecule has 0 bridgehead atoms. The van der Waals surface area contributed by atoms with E-state index in [2.05, 4.69) is 28.4 Å².